The number of methoxy groups -OCH3 is 2. The predicted molar refractivity (Wildman–Crippen MR) is 97.6 cm³/mol. The Bertz CT molecular complexity index is 767. The van der Waals surface area contributed by atoms with Gasteiger partial charge in [0.1, 0.15) is 11.5 Å². The zero-order valence-corrected chi connectivity index (χ0v) is 15.8. The van der Waals surface area contributed by atoms with Crippen LogP contribution in [0.1, 0.15) is 6.92 Å². The molecule has 2 aromatic rings. The molecule has 26 heavy (non-hydrogen) atoms. The van der Waals surface area contributed by atoms with Crippen LogP contribution in [0.5, 0.6) is 11.5 Å². The number of aromatic amines is 1. The smallest absolute Gasteiger partial charge is 0.233 e. The number of H-pyrrole nitrogens is 1. The number of carbonyl (C=O) groups is 1. The van der Waals surface area contributed by atoms with Gasteiger partial charge < -0.3 is 19.1 Å². The van der Waals surface area contributed by atoms with Gasteiger partial charge in [0, 0.05) is 19.2 Å². The predicted octanol–water partition coefficient (Wildman–Crippen LogP) is 1.83. The summed E-state index contributed by atoms with van der Waals surface area (Å²) in [7, 11) is 3.19. The molecule has 1 amide bonds. The van der Waals surface area contributed by atoms with Crippen molar-refractivity contribution in [2.45, 2.75) is 18.2 Å². The third-order valence-electron chi connectivity index (χ3n) is 4.05. The van der Waals surface area contributed by atoms with E-state index in [0.29, 0.717) is 47.9 Å². The van der Waals surface area contributed by atoms with Crippen molar-refractivity contribution < 1.29 is 19.0 Å². The van der Waals surface area contributed by atoms with Gasteiger partial charge in [-0.3, -0.25) is 9.89 Å². The Morgan fingerprint density at radius 1 is 1.42 bits per heavy atom. The Balaban J connectivity index is 1.64. The van der Waals surface area contributed by atoms with Gasteiger partial charge in [0.25, 0.3) is 0 Å². The highest BCUT2D eigenvalue weighted by molar-refractivity contribution is 7.99. The van der Waals surface area contributed by atoms with Crippen LogP contribution in [0.25, 0.3) is 11.4 Å². The number of nitrogens with zero attached hydrogens (tertiary/aromatic N) is 3. The van der Waals surface area contributed by atoms with Crippen LogP contribution in [-0.4, -0.2) is 71.8 Å². The maximum absolute atomic E-state index is 12.3. The molecule has 140 valence electrons. The van der Waals surface area contributed by atoms with Crippen LogP contribution >= 0.6 is 11.8 Å². The minimum Gasteiger partial charge on any atom is -0.497 e. The van der Waals surface area contributed by atoms with Crippen LogP contribution in [0, 0.1) is 0 Å². The van der Waals surface area contributed by atoms with Crippen LogP contribution in [0.15, 0.2) is 23.4 Å². The summed E-state index contributed by atoms with van der Waals surface area (Å²) in [6.07, 6.45) is 0.0790. The van der Waals surface area contributed by atoms with Gasteiger partial charge >= 0.3 is 0 Å². The Labute approximate surface area is 156 Å². The average Bonchev–Trinajstić information content (AvgIpc) is 3.14. The number of benzene rings is 1. The topological polar surface area (TPSA) is 89.6 Å². The summed E-state index contributed by atoms with van der Waals surface area (Å²) < 4.78 is 16.1. The number of amides is 1. The molecular weight excluding hydrogens is 356 g/mol. The van der Waals surface area contributed by atoms with Crippen molar-refractivity contribution >= 4 is 17.7 Å². The summed E-state index contributed by atoms with van der Waals surface area (Å²) >= 11 is 1.31. The molecule has 1 aromatic heterocycles. The lowest BCUT2D eigenvalue weighted by Gasteiger charge is -2.31. The fourth-order valence-electron chi connectivity index (χ4n) is 2.69. The lowest BCUT2D eigenvalue weighted by atomic mass is 10.2. The van der Waals surface area contributed by atoms with E-state index in [2.05, 4.69) is 15.2 Å². The zero-order valence-electron chi connectivity index (χ0n) is 15.0. The minimum absolute atomic E-state index is 0.0681. The molecule has 3 rings (SSSR count). The van der Waals surface area contributed by atoms with Gasteiger partial charge in [-0.05, 0) is 19.1 Å². The number of carbonyl (C=O) groups excluding carboxylic acids is 1. The van der Waals surface area contributed by atoms with Gasteiger partial charge in [0.05, 0.1) is 38.2 Å². The molecule has 0 saturated carbocycles. The highest BCUT2D eigenvalue weighted by Gasteiger charge is 2.22. The van der Waals surface area contributed by atoms with Gasteiger partial charge in [0.2, 0.25) is 11.1 Å². The van der Waals surface area contributed by atoms with Crippen LogP contribution in [0.4, 0.5) is 0 Å². The maximum atomic E-state index is 12.3. The summed E-state index contributed by atoms with van der Waals surface area (Å²) in [5.74, 6) is 2.28. The normalized spacial score (nSPS) is 17.2. The van der Waals surface area contributed by atoms with Crippen molar-refractivity contribution in [2.75, 3.05) is 39.7 Å². The van der Waals surface area contributed by atoms with E-state index in [1.165, 1.54) is 11.8 Å². The maximum Gasteiger partial charge on any atom is 0.233 e. The Kier molecular flexibility index (Phi) is 6.00. The van der Waals surface area contributed by atoms with Gasteiger partial charge in [-0.2, -0.15) is 0 Å². The molecule has 2 heterocycles. The molecule has 0 aliphatic carbocycles. The van der Waals surface area contributed by atoms with E-state index in [4.69, 9.17) is 14.2 Å². The molecule has 1 aliphatic rings. The number of morpholine rings is 1. The molecule has 8 nitrogen and oxygen atoms in total. The fourth-order valence-corrected chi connectivity index (χ4v) is 3.39. The highest BCUT2D eigenvalue weighted by atomic mass is 32.2. The first-order chi connectivity index (χ1) is 12.6. The lowest BCUT2D eigenvalue weighted by molar-refractivity contribution is -0.135. The zero-order chi connectivity index (χ0) is 18.5. The van der Waals surface area contributed by atoms with Crippen molar-refractivity contribution in [3.63, 3.8) is 0 Å². The van der Waals surface area contributed by atoms with Crippen molar-refractivity contribution in [1.82, 2.24) is 20.1 Å². The van der Waals surface area contributed by atoms with E-state index in [9.17, 15) is 4.79 Å². The number of aromatic nitrogens is 3. The summed E-state index contributed by atoms with van der Waals surface area (Å²) in [5.41, 5.74) is 0.779. The summed E-state index contributed by atoms with van der Waals surface area (Å²) in [6, 6.07) is 5.47. The van der Waals surface area contributed by atoms with E-state index in [1.807, 2.05) is 24.0 Å². The first-order valence-corrected chi connectivity index (χ1v) is 9.26. The Morgan fingerprint density at radius 3 is 3.00 bits per heavy atom. The van der Waals surface area contributed by atoms with Crippen molar-refractivity contribution in [3.05, 3.63) is 18.2 Å². The van der Waals surface area contributed by atoms with Crippen molar-refractivity contribution in [1.29, 1.82) is 0 Å². The Morgan fingerprint density at radius 2 is 2.27 bits per heavy atom. The van der Waals surface area contributed by atoms with E-state index in [1.54, 1.807) is 20.3 Å². The molecule has 1 aliphatic heterocycles. The largest absolute Gasteiger partial charge is 0.497 e. The molecule has 1 saturated heterocycles. The number of hydrogen-bond acceptors (Lipinski definition) is 7. The van der Waals surface area contributed by atoms with Gasteiger partial charge in [-0.1, -0.05) is 11.8 Å². The second-order valence-corrected chi connectivity index (χ2v) is 6.79. The SMILES string of the molecule is COc1ccc(-c2nc(SCC(=O)N3CCOC(C)C3)n[nH]2)c(OC)c1. The van der Waals surface area contributed by atoms with Crippen LogP contribution in [-0.2, 0) is 9.53 Å². The molecule has 1 unspecified atom stereocenters. The third kappa shape index (κ3) is 4.28. The van der Waals surface area contributed by atoms with E-state index >= 15 is 0 Å². The highest BCUT2D eigenvalue weighted by Crippen LogP contribution is 2.32. The number of rotatable bonds is 6. The third-order valence-corrected chi connectivity index (χ3v) is 4.88. The number of hydrogen-bond donors (Lipinski definition) is 1. The van der Waals surface area contributed by atoms with Crippen molar-refractivity contribution in [3.8, 4) is 22.9 Å². The molecule has 0 radical (unpaired) electrons. The van der Waals surface area contributed by atoms with Crippen LogP contribution < -0.4 is 9.47 Å². The fraction of sp³-hybridized carbons (Fsp3) is 0.471. The molecule has 1 aromatic carbocycles. The standard InChI is InChI=1S/C17H22N4O4S/c1-11-9-21(6-7-25-11)15(22)10-26-17-18-16(19-20-17)13-5-4-12(23-2)8-14(13)24-3/h4-5,8,11H,6-7,9-10H2,1-3H3,(H,18,19,20). The quantitative estimate of drug-likeness (QED) is 0.767. The van der Waals surface area contributed by atoms with E-state index < -0.39 is 0 Å². The summed E-state index contributed by atoms with van der Waals surface area (Å²) in [6.45, 7) is 3.81. The second kappa shape index (κ2) is 8.41. The molecule has 9 heteroatoms. The minimum atomic E-state index is 0.0681. The van der Waals surface area contributed by atoms with E-state index in [0.717, 1.165) is 5.56 Å². The molecule has 0 spiro atoms. The number of nitrogens with one attached hydrogen (secondary N) is 1. The molecular formula is C17H22N4O4S. The Hall–Kier alpha value is -2.26. The molecule has 0 bridgehead atoms. The number of thioether (sulfide) groups is 1. The van der Waals surface area contributed by atoms with E-state index in [-0.39, 0.29) is 12.0 Å². The molecule has 1 atom stereocenters. The van der Waals surface area contributed by atoms with Gasteiger partial charge in [0.15, 0.2) is 5.82 Å². The molecule has 1 N–H and O–H groups in total. The molecule has 1 fully saturated rings. The summed E-state index contributed by atoms with van der Waals surface area (Å²) in [4.78, 5) is 18.6. The monoisotopic (exact) mass is 378 g/mol. The first kappa shape index (κ1) is 18.5. The summed E-state index contributed by atoms with van der Waals surface area (Å²) in [5, 5.41) is 7.61. The average molecular weight is 378 g/mol. The van der Waals surface area contributed by atoms with Gasteiger partial charge in [-0.15, -0.1) is 5.10 Å². The van der Waals surface area contributed by atoms with Gasteiger partial charge in [-0.25, -0.2) is 4.98 Å². The number of ether oxygens (including phenoxy) is 3. The lowest BCUT2D eigenvalue weighted by Crippen LogP contribution is -2.45. The van der Waals surface area contributed by atoms with Crippen LogP contribution in [0.2, 0.25) is 0 Å². The second-order valence-electron chi connectivity index (χ2n) is 5.84. The van der Waals surface area contributed by atoms with Crippen molar-refractivity contribution in [2.24, 2.45) is 0 Å². The first-order valence-electron chi connectivity index (χ1n) is 8.27. The van der Waals surface area contributed by atoms with Crippen LogP contribution in [0.3, 0.4) is 0 Å².